The lowest BCUT2D eigenvalue weighted by molar-refractivity contribution is -0.144. The summed E-state index contributed by atoms with van der Waals surface area (Å²) in [5.74, 6) is -2.80. The third-order valence-corrected chi connectivity index (χ3v) is 3.03. The van der Waals surface area contributed by atoms with Gasteiger partial charge in [0.25, 0.3) is 5.91 Å². The molecule has 1 aromatic carbocycles. The minimum Gasteiger partial charge on any atom is -0.481 e. The second kappa shape index (κ2) is 9.01. The lowest BCUT2D eigenvalue weighted by Gasteiger charge is -2.29. The molecular formula is C14H17ClN2O5. The van der Waals surface area contributed by atoms with Gasteiger partial charge in [0.05, 0.1) is 0 Å². The molecule has 0 bridgehead atoms. The van der Waals surface area contributed by atoms with Gasteiger partial charge in [-0.25, -0.2) is 10.2 Å². The van der Waals surface area contributed by atoms with Gasteiger partial charge in [-0.1, -0.05) is 18.2 Å². The number of nitrogens with zero attached hydrogens (tertiary/aromatic N) is 1. The van der Waals surface area contributed by atoms with Crippen molar-refractivity contribution < 1.29 is 24.6 Å². The van der Waals surface area contributed by atoms with Crippen LogP contribution in [-0.4, -0.2) is 51.5 Å². The molecule has 0 fully saturated rings. The van der Waals surface area contributed by atoms with Crippen LogP contribution in [0.25, 0.3) is 0 Å². The summed E-state index contributed by atoms with van der Waals surface area (Å²) < 4.78 is 0. The maximum atomic E-state index is 12.5. The summed E-state index contributed by atoms with van der Waals surface area (Å²) in [6.07, 6.45) is -0.573. The number of hydrazine groups is 1. The van der Waals surface area contributed by atoms with E-state index < -0.39 is 23.9 Å². The zero-order valence-corrected chi connectivity index (χ0v) is 12.5. The molecule has 120 valence electrons. The van der Waals surface area contributed by atoms with E-state index >= 15 is 0 Å². The molecular weight excluding hydrogens is 312 g/mol. The molecule has 7 nitrogen and oxygen atoms in total. The first-order chi connectivity index (χ1) is 10.5. The molecule has 0 aliphatic rings. The Hall–Kier alpha value is -2.12. The fourth-order valence-electron chi connectivity index (χ4n) is 1.83. The lowest BCUT2D eigenvalue weighted by Crippen LogP contribution is -2.53. The van der Waals surface area contributed by atoms with Crippen LogP contribution in [0, 0.1) is 0 Å². The monoisotopic (exact) mass is 328 g/mol. The molecule has 8 heteroatoms. The molecule has 0 aromatic heterocycles. The normalized spacial score (nSPS) is 11.7. The van der Waals surface area contributed by atoms with Crippen LogP contribution in [0.5, 0.6) is 0 Å². The van der Waals surface area contributed by atoms with Crippen molar-refractivity contribution in [2.45, 2.75) is 18.9 Å². The van der Waals surface area contributed by atoms with Crippen LogP contribution in [0.4, 0.5) is 0 Å². The fraction of sp³-hybridized carbons (Fsp3) is 0.357. The van der Waals surface area contributed by atoms with Gasteiger partial charge in [0.2, 0.25) is 0 Å². The Kier molecular flexibility index (Phi) is 7.34. The van der Waals surface area contributed by atoms with E-state index in [9.17, 15) is 19.5 Å². The maximum absolute atomic E-state index is 12.5. The second-order valence-electron chi connectivity index (χ2n) is 4.42. The molecule has 0 spiro atoms. The van der Waals surface area contributed by atoms with Gasteiger partial charge in [0.15, 0.2) is 0 Å². The number of hydrogen-bond acceptors (Lipinski definition) is 4. The van der Waals surface area contributed by atoms with E-state index in [4.69, 9.17) is 16.7 Å². The van der Waals surface area contributed by atoms with Crippen molar-refractivity contribution in [3.05, 3.63) is 35.9 Å². The second-order valence-corrected chi connectivity index (χ2v) is 4.80. The lowest BCUT2D eigenvalue weighted by atomic mass is 10.1. The van der Waals surface area contributed by atoms with Crippen molar-refractivity contribution in [3.63, 3.8) is 0 Å². The van der Waals surface area contributed by atoms with Crippen LogP contribution >= 0.6 is 11.6 Å². The fourth-order valence-corrected chi connectivity index (χ4v) is 1.91. The van der Waals surface area contributed by atoms with Gasteiger partial charge in [-0.05, 0) is 18.6 Å². The quantitative estimate of drug-likeness (QED) is 0.464. The van der Waals surface area contributed by atoms with Gasteiger partial charge in [-0.15, -0.1) is 11.6 Å². The Morgan fingerprint density at radius 2 is 1.82 bits per heavy atom. The number of halogens is 1. The van der Waals surface area contributed by atoms with Crippen molar-refractivity contribution in [1.82, 2.24) is 10.4 Å². The molecule has 0 aliphatic heterocycles. The smallest absolute Gasteiger partial charge is 0.328 e. The summed E-state index contributed by atoms with van der Waals surface area (Å²) in [7, 11) is 0. The molecule has 0 saturated heterocycles. The molecule has 3 N–H and O–H groups in total. The van der Waals surface area contributed by atoms with Crippen molar-refractivity contribution in [2.24, 2.45) is 0 Å². The summed E-state index contributed by atoms with van der Waals surface area (Å²) in [4.78, 5) is 34.5. The third-order valence-electron chi connectivity index (χ3n) is 2.84. The molecule has 0 saturated carbocycles. The Labute approximate surface area is 132 Å². The Balaban J connectivity index is 2.99. The Morgan fingerprint density at radius 3 is 2.32 bits per heavy atom. The number of alkyl halides is 1. The number of carboxylic acids is 2. The summed E-state index contributed by atoms with van der Waals surface area (Å²) >= 11 is 5.57. The van der Waals surface area contributed by atoms with Gasteiger partial charge in [0.1, 0.15) is 6.04 Å². The Bertz CT molecular complexity index is 523. The van der Waals surface area contributed by atoms with E-state index in [1.165, 1.54) is 0 Å². The molecule has 22 heavy (non-hydrogen) atoms. The zero-order chi connectivity index (χ0) is 16.5. The molecule has 1 rings (SSSR count). The summed E-state index contributed by atoms with van der Waals surface area (Å²) in [5, 5.41) is 18.9. The number of nitrogens with one attached hydrogen (secondary N) is 1. The first kappa shape index (κ1) is 17.9. The molecule has 1 aromatic rings. The van der Waals surface area contributed by atoms with E-state index in [1.807, 2.05) is 0 Å². The number of carboxylic acid groups (broad SMARTS) is 2. The average Bonchev–Trinajstić information content (AvgIpc) is 2.50. The minimum atomic E-state index is -1.30. The van der Waals surface area contributed by atoms with Crippen molar-refractivity contribution in [3.8, 4) is 0 Å². The summed E-state index contributed by atoms with van der Waals surface area (Å²) in [5.41, 5.74) is 2.95. The average molecular weight is 329 g/mol. The number of carbonyl (C=O) groups excluding carboxylic acids is 1. The number of carbonyl (C=O) groups is 3. The summed E-state index contributed by atoms with van der Waals surface area (Å²) in [6.45, 7) is 0.178. The standard InChI is InChI=1S/C14H17ClN2O5/c15-8-9-16-17(11(14(21)22)6-7-12(18)19)13(20)10-4-2-1-3-5-10/h1-5,11,16H,6-9H2,(H,18,19)(H,21,22)/t11-/m0/s1. The number of benzene rings is 1. The van der Waals surface area contributed by atoms with Gasteiger partial charge < -0.3 is 10.2 Å². The molecule has 1 amide bonds. The van der Waals surface area contributed by atoms with Crippen LogP contribution in [0.1, 0.15) is 23.2 Å². The minimum absolute atomic E-state index is 0.170. The SMILES string of the molecule is O=C(O)CC[C@@H](C(=O)O)N(NCCCl)C(=O)c1ccccc1. The van der Waals surface area contributed by atoms with Crippen molar-refractivity contribution in [1.29, 1.82) is 0 Å². The molecule has 0 aliphatic carbocycles. The van der Waals surface area contributed by atoms with E-state index in [0.717, 1.165) is 5.01 Å². The zero-order valence-electron chi connectivity index (χ0n) is 11.7. The van der Waals surface area contributed by atoms with Crippen molar-refractivity contribution in [2.75, 3.05) is 12.4 Å². The largest absolute Gasteiger partial charge is 0.481 e. The highest BCUT2D eigenvalue weighted by atomic mass is 35.5. The van der Waals surface area contributed by atoms with Crippen LogP contribution < -0.4 is 5.43 Å². The highest BCUT2D eigenvalue weighted by Crippen LogP contribution is 2.11. The van der Waals surface area contributed by atoms with Gasteiger partial charge >= 0.3 is 11.9 Å². The first-order valence-electron chi connectivity index (χ1n) is 6.60. The predicted octanol–water partition coefficient (Wildman–Crippen LogP) is 1.19. The van der Waals surface area contributed by atoms with Crippen LogP contribution in [0.3, 0.4) is 0 Å². The maximum Gasteiger partial charge on any atom is 0.328 e. The van der Waals surface area contributed by atoms with E-state index in [0.29, 0.717) is 5.56 Å². The molecule has 1 atom stereocenters. The van der Waals surface area contributed by atoms with Crippen LogP contribution in [0.2, 0.25) is 0 Å². The molecule has 0 heterocycles. The number of rotatable bonds is 9. The third kappa shape index (κ3) is 5.34. The van der Waals surface area contributed by atoms with E-state index in [2.05, 4.69) is 5.43 Å². The highest BCUT2D eigenvalue weighted by molar-refractivity contribution is 6.18. The van der Waals surface area contributed by atoms with Gasteiger partial charge in [-0.3, -0.25) is 14.6 Å². The molecule has 0 unspecified atom stereocenters. The summed E-state index contributed by atoms with van der Waals surface area (Å²) in [6, 6.07) is 6.83. The van der Waals surface area contributed by atoms with E-state index in [-0.39, 0.29) is 25.3 Å². The highest BCUT2D eigenvalue weighted by Gasteiger charge is 2.30. The van der Waals surface area contributed by atoms with Gasteiger partial charge in [0, 0.05) is 24.4 Å². The van der Waals surface area contributed by atoms with Crippen LogP contribution in [0.15, 0.2) is 30.3 Å². The van der Waals surface area contributed by atoms with Crippen molar-refractivity contribution >= 4 is 29.4 Å². The Morgan fingerprint density at radius 1 is 1.18 bits per heavy atom. The first-order valence-corrected chi connectivity index (χ1v) is 7.13. The topological polar surface area (TPSA) is 107 Å². The van der Waals surface area contributed by atoms with E-state index in [1.54, 1.807) is 30.3 Å². The van der Waals surface area contributed by atoms with Gasteiger partial charge in [-0.2, -0.15) is 0 Å². The van der Waals surface area contributed by atoms with Crippen LogP contribution in [-0.2, 0) is 9.59 Å². The number of aliphatic carboxylic acids is 2. The number of amides is 1. The molecule has 0 radical (unpaired) electrons. The number of hydrogen-bond donors (Lipinski definition) is 3. The predicted molar refractivity (Wildman–Crippen MR) is 79.6 cm³/mol.